The average Bonchev–Trinajstić information content (AvgIpc) is 2.84. The molecule has 0 fully saturated rings. The number of rotatable bonds is 6. The first-order valence-electron chi connectivity index (χ1n) is 7.80. The van der Waals surface area contributed by atoms with Crippen LogP contribution in [0.4, 0.5) is 0 Å². The smallest absolute Gasteiger partial charge is 0.261 e. The van der Waals surface area contributed by atoms with Crippen molar-refractivity contribution in [3.8, 4) is 0 Å². The number of carbonyl (C=O) groups is 4. The minimum absolute atomic E-state index is 0.0572. The van der Waals surface area contributed by atoms with Crippen LogP contribution in [0.2, 0.25) is 0 Å². The Labute approximate surface area is 144 Å². The Hall–Kier alpha value is -2.58. The van der Waals surface area contributed by atoms with Gasteiger partial charge in [-0.05, 0) is 38.5 Å². The zero-order valence-corrected chi connectivity index (χ0v) is 14.2. The molecule has 0 saturated carbocycles. The van der Waals surface area contributed by atoms with Gasteiger partial charge in [-0.3, -0.25) is 29.0 Å². The van der Waals surface area contributed by atoms with Crippen molar-refractivity contribution in [2.75, 3.05) is 13.2 Å². The molecule has 2 unspecified atom stereocenters. The molecule has 1 aromatic rings. The number of aliphatic hydroxyl groups is 2. The van der Waals surface area contributed by atoms with Gasteiger partial charge < -0.3 is 10.2 Å². The van der Waals surface area contributed by atoms with E-state index in [2.05, 4.69) is 0 Å². The summed E-state index contributed by atoms with van der Waals surface area (Å²) in [7, 11) is 0. The minimum Gasteiger partial charge on any atom is -0.394 e. The maximum atomic E-state index is 12.6. The molecule has 0 aliphatic carbocycles. The molecule has 2 N–H and O–H groups in total. The topological polar surface area (TPSA) is 115 Å². The summed E-state index contributed by atoms with van der Waals surface area (Å²) in [6, 6.07) is 1.31. The van der Waals surface area contributed by atoms with Gasteiger partial charge in [-0.15, -0.1) is 0 Å². The highest BCUT2D eigenvalue weighted by Crippen LogP contribution is 2.28. The van der Waals surface area contributed by atoms with Gasteiger partial charge in [0.25, 0.3) is 17.7 Å². The van der Waals surface area contributed by atoms with E-state index >= 15 is 0 Å². The van der Waals surface area contributed by atoms with E-state index in [9.17, 15) is 29.4 Å². The molecular weight excluding hydrogens is 328 g/mol. The molecule has 1 heterocycles. The van der Waals surface area contributed by atoms with Crippen molar-refractivity contribution < 1.29 is 29.4 Å². The van der Waals surface area contributed by atoms with E-state index in [1.54, 1.807) is 6.92 Å². The number of benzene rings is 1. The first-order valence-corrected chi connectivity index (χ1v) is 7.80. The van der Waals surface area contributed by atoms with Crippen LogP contribution in [-0.2, 0) is 4.79 Å². The monoisotopic (exact) mass is 348 g/mol. The second kappa shape index (κ2) is 7.12. The molecule has 1 aliphatic rings. The zero-order chi connectivity index (χ0) is 18.9. The first-order chi connectivity index (χ1) is 11.8. The molecule has 134 valence electrons. The van der Waals surface area contributed by atoms with Gasteiger partial charge in [0, 0.05) is 5.56 Å². The predicted octanol–water partition coefficient (Wildman–Crippen LogP) is -0.0488. The molecule has 8 heteroatoms. The molecule has 0 saturated heterocycles. The summed E-state index contributed by atoms with van der Waals surface area (Å²) in [6.45, 7) is 3.87. The molecule has 0 spiro atoms. The van der Waals surface area contributed by atoms with Crippen molar-refractivity contribution in [3.63, 3.8) is 0 Å². The molecule has 0 bridgehead atoms. The predicted molar refractivity (Wildman–Crippen MR) is 87.0 cm³/mol. The number of aliphatic hydroxyl groups excluding tert-OH is 2. The number of nitrogens with zero attached hydrogens (tertiary/aromatic N) is 2. The number of hydrogen-bond donors (Lipinski definition) is 2. The molecule has 8 nitrogen and oxygen atoms in total. The summed E-state index contributed by atoms with van der Waals surface area (Å²) in [5.74, 6) is -1.78. The minimum atomic E-state index is -0.721. The van der Waals surface area contributed by atoms with Gasteiger partial charge >= 0.3 is 0 Å². The van der Waals surface area contributed by atoms with Gasteiger partial charge in [0.2, 0.25) is 6.41 Å². The van der Waals surface area contributed by atoms with Crippen molar-refractivity contribution in [3.05, 3.63) is 34.4 Å². The summed E-state index contributed by atoms with van der Waals surface area (Å²) in [4.78, 5) is 50.5. The number of fused-ring (bicyclic) bond motifs is 1. The Bertz CT molecular complexity index is 745. The largest absolute Gasteiger partial charge is 0.394 e. The summed E-state index contributed by atoms with van der Waals surface area (Å²) >= 11 is 0. The summed E-state index contributed by atoms with van der Waals surface area (Å²) < 4.78 is 0. The SMILES string of the molecule is Cc1cc2c(cc1C(=O)N(C=O)C(C)CO)C(=O)N(C(C)CO)C2=O. The average molecular weight is 348 g/mol. The lowest BCUT2D eigenvalue weighted by Crippen LogP contribution is -2.40. The fraction of sp³-hybridized carbons (Fsp3) is 0.412. The standard InChI is InChI=1S/C17H20N2O6/c1-9-4-13-14(17(25)19(16(13)24)11(3)7-21)5-12(9)15(23)18(8-22)10(2)6-20/h4-5,8,10-11,20-21H,6-7H2,1-3H3. The third kappa shape index (κ3) is 3.06. The number of amides is 4. The van der Waals surface area contributed by atoms with E-state index < -0.39 is 36.4 Å². The summed E-state index contributed by atoms with van der Waals surface area (Å²) in [5, 5.41) is 18.4. The highest BCUT2D eigenvalue weighted by atomic mass is 16.3. The van der Waals surface area contributed by atoms with Crippen LogP contribution in [0.1, 0.15) is 50.5 Å². The summed E-state index contributed by atoms with van der Waals surface area (Å²) in [6.07, 6.45) is 0.322. The Morgan fingerprint density at radius 1 is 1.16 bits per heavy atom. The van der Waals surface area contributed by atoms with E-state index in [1.807, 2.05) is 0 Å². The molecule has 25 heavy (non-hydrogen) atoms. The Balaban J connectivity index is 2.49. The van der Waals surface area contributed by atoms with Gasteiger partial charge in [0.15, 0.2) is 0 Å². The Morgan fingerprint density at radius 2 is 1.72 bits per heavy atom. The van der Waals surface area contributed by atoms with Crippen molar-refractivity contribution in [1.82, 2.24) is 9.80 Å². The highest BCUT2D eigenvalue weighted by molar-refractivity contribution is 6.22. The number of carbonyl (C=O) groups excluding carboxylic acids is 4. The van der Waals surface area contributed by atoms with Gasteiger partial charge in [0.1, 0.15) is 0 Å². The normalized spacial score (nSPS) is 15.8. The van der Waals surface area contributed by atoms with E-state index in [1.165, 1.54) is 26.0 Å². The number of hydrogen-bond acceptors (Lipinski definition) is 6. The van der Waals surface area contributed by atoms with Crippen molar-refractivity contribution in [2.45, 2.75) is 32.9 Å². The van der Waals surface area contributed by atoms with E-state index in [0.29, 0.717) is 12.0 Å². The molecular formula is C17H20N2O6. The lowest BCUT2D eigenvalue weighted by atomic mass is 9.99. The highest BCUT2D eigenvalue weighted by Gasteiger charge is 2.39. The lowest BCUT2D eigenvalue weighted by Gasteiger charge is -2.22. The van der Waals surface area contributed by atoms with E-state index in [0.717, 1.165) is 9.80 Å². The van der Waals surface area contributed by atoms with Crippen LogP contribution in [0, 0.1) is 6.92 Å². The maximum absolute atomic E-state index is 12.6. The van der Waals surface area contributed by atoms with Crippen LogP contribution < -0.4 is 0 Å². The second-order valence-corrected chi connectivity index (χ2v) is 6.07. The van der Waals surface area contributed by atoms with Crippen LogP contribution in [0.25, 0.3) is 0 Å². The van der Waals surface area contributed by atoms with Gasteiger partial charge in [-0.2, -0.15) is 0 Å². The first kappa shape index (κ1) is 18.8. The zero-order valence-electron chi connectivity index (χ0n) is 14.2. The van der Waals surface area contributed by atoms with E-state index in [-0.39, 0.29) is 23.3 Å². The Kier molecular flexibility index (Phi) is 5.34. The van der Waals surface area contributed by atoms with Gasteiger partial charge in [-0.25, -0.2) is 0 Å². The van der Waals surface area contributed by atoms with Crippen LogP contribution in [-0.4, -0.2) is 69.4 Å². The fourth-order valence-electron chi connectivity index (χ4n) is 2.70. The fourth-order valence-corrected chi connectivity index (χ4v) is 2.70. The maximum Gasteiger partial charge on any atom is 0.261 e. The van der Waals surface area contributed by atoms with Gasteiger partial charge in [-0.1, -0.05) is 0 Å². The number of imide groups is 2. The van der Waals surface area contributed by atoms with E-state index in [4.69, 9.17) is 0 Å². The molecule has 2 atom stereocenters. The Morgan fingerprint density at radius 3 is 2.20 bits per heavy atom. The van der Waals surface area contributed by atoms with Crippen LogP contribution in [0.3, 0.4) is 0 Å². The summed E-state index contributed by atoms with van der Waals surface area (Å²) in [5.41, 5.74) is 0.750. The van der Waals surface area contributed by atoms with Crippen LogP contribution in [0.15, 0.2) is 12.1 Å². The molecule has 2 rings (SSSR count). The quantitative estimate of drug-likeness (QED) is 0.550. The van der Waals surface area contributed by atoms with Crippen molar-refractivity contribution >= 4 is 24.1 Å². The van der Waals surface area contributed by atoms with Gasteiger partial charge in [0.05, 0.1) is 36.4 Å². The van der Waals surface area contributed by atoms with Crippen molar-refractivity contribution in [1.29, 1.82) is 0 Å². The lowest BCUT2D eigenvalue weighted by molar-refractivity contribution is -0.118. The molecule has 1 aromatic carbocycles. The second-order valence-electron chi connectivity index (χ2n) is 6.07. The number of aryl methyl sites for hydroxylation is 1. The van der Waals surface area contributed by atoms with Crippen LogP contribution in [0.5, 0.6) is 0 Å². The van der Waals surface area contributed by atoms with Crippen LogP contribution >= 0.6 is 0 Å². The molecule has 1 aliphatic heterocycles. The molecule has 0 radical (unpaired) electrons. The molecule has 4 amide bonds. The third-order valence-electron chi connectivity index (χ3n) is 4.29. The van der Waals surface area contributed by atoms with Crippen molar-refractivity contribution in [2.24, 2.45) is 0 Å². The molecule has 0 aromatic heterocycles. The third-order valence-corrected chi connectivity index (χ3v) is 4.29.